The lowest BCUT2D eigenvalue weighted by Crippen LogP contribution is -2.39. The molecular formula is C20H21BrF2N2O2. The van der Waals surface area contributed by atoms with Gasteiger partial charge in [0.1, 0.15) is 17.4 Å². The summed E-state index contributed by atoms with van der Waals surface area (Å²) in [6.07, 6.45) is 2.06. The Labute approximate surface area is 165 Å². The van der Waals surface area contributed by atoms with Crippen molar-refractivity contribution >= 4 is 21.8 Å². The summed E-state index contributed by atoms with van der Waals surface area (Å²) < 4.78 is 33.9. The minimum atomic E-state index is -0.608. The lowest BCUT2D eigenvalue weighted by atomic mass is 10.0. The molecule has 2 aromatic carbocycles. The zero-order valence-electron chi connectivity index (χ0n) is 14.8. The first kappa shape index (κ1) is 19.8. The van der Waals surface area contributed by atoms with Gasteiger partial charge >= 0.3 is 0 Å². The lowest BCUT2D eigenvalue weighted by Gasteiger charge is -2.28. The van der Waals surface area contributed by atoms with E-state index < -0.39 is 11.6 Å². The number of amides is 1. The van der Waals surface area contributed by atoms with Gasteiger partial charge < -0.3 is 10.1 Å². The summed E-state index contributed by atoms with van der Waals surface area (Å²) in [6.45, 7) is 1.77. The van der Waals surface area contributed by atoms with Gasteiger partial charge in [0.05, 0.1) is 6.04 Å². The van der Waals surface area contributed by atoms with Gasteiger partial charge in [-0.3, -0.25) is 9.69 Å². The minimum absolute atomic E-state index is 0.125. The highest BCUT2D eigenvalue weighted by atomic mass is 79.9. The molecule has 1 heterocycles. The molecule has 1 N–H and O–H groups in total. The molecule has 1 atom stereocenters. The van der Waals surface area contributed by atoms with E-state index >= 15 is 0 Å². The predicted octanol–water partition coefficient (Wildman–Crippen LogP) is 4.06. The molecule has 1 aliphatic heterocycles. The maximum Gasteiger partial charge on any atom is 0.258 e. The molecule has 2 aromatic rings. The quantitative estimate of drug-likeness (QED) is 0.708. The molecule has 4 nitrogen and oxygen atoms in total. The van der Waals surface area contributed by atoms with Crippen LogP contribution >= 0.6 is 15.9 Å². The molecule has 0 bridgehead atoms. The van der Waals surface area contributed by atoms with E-state index in [0.29, 0.717) is 11.3 Å². The molecule has 1 saturated heterocycles. The fourth-order valence-electron chi connectivity index (χ4n) is 3.20. The van der Waals surface area contributed by atoms with Gasteiger partial charge in [0, 0.05) is 22.6 Å². The Morgan fingerprint density at radius 3 is 2.52 bits per heavy atom. The van der Waals surface area contributed by atoms with Crippen LogP contribution in [0.15, 0.2) is 46.9 Å². The van der Waals surface area contributed by atoms with E-state index in [2.05, 4.69) is 26.1 Å². The van der Waals surface area contributed by atoms with Crippen LogP contribution in [-0.2, 0) is 4.79 Å². The first-order valence-electron chi connectivity index (χ1n) is 8.87. The van der Waals surface area contributed by atoms with Crippen molar-refractivity contribution in [2.45, 2.75) is 18.9 Å². The first-order valence-corrected chi connectivity index (χ1v) is 9.66. The third kappa shape index (κ3) is 5.49. The van der Waals surface area contributed by atoms with Crippen molar-refractivity contribution in [1.29, 1.82) is 0 Å². The molecule has 0 aromatic heterocycles. The first-order chi connectivity index (χ1) is 13.0. The highest BCUT2D eigenvalue weighted by molar-refractivity contribution is 9.10. The number of carbonyl (C=O) groups is 1. The Bertz CT molecular complexity index is 780. The van der Waals surface area contributed by atoms with E-state index in [9.17, 15) is 13.6 Å². The van der Waals surface area contributed by atoms with Crippen LogP contribution < -0.4 is 10.1 Å². The predicted molar refractivity (Wildman–Crippen MR) is 103 cm³/mol. The van der Waals surface area contributed by atoms with Gasteiger partial charge in [-0.25, -0.2) is 8.78 Å². The van der Waals surface area contributed by atoms with Crippen LogP contribution in [0.5, 0.6) is 5.75 Å². The van der Waals surface area contributed by atoms with Crippen molar-refractivity contribution in [3.8, 4) is 5.75 Å². The van der Waals surface area contributed by atoms with Crippen molar-refractivity contribution in [1.82, 2.24) is 10.2 Å². The molecule has 144 valence electrons. The van der Waals surface area contributed by atoms with Crippen LogP contribution in [0.1, 0.15) is 24.4 Å². The standard InChI is InChI=1S/C20H21BrF2N2O2/c21-14-3-6-16(7-4-14)27-13-20(26)24-12-19(25-9-1-2-10-25)17-8-5-15(22)11-18(17)23/h3-8,11,19H,1-2,9-10,12-13H2,(H,24,26)/t19-/m1/s1. The van der Waals surface area contributed by atoms with Crippen molar-refractivity contribution in [2.24, 2.45) is 0 Å². The zero-order chi connectivity index (χ0) is 19.2. The van der Waals surface area contributed by atoms with E-state index in [1.54, 1.807) is 12.1 Å². The Morgan fingerprint density at radius 2 is 1.85 bits per heavy atom. The molecule has 0 spiro atoms. The average Bonchev–Trinajstić information content (AvgIpc) is 3.17. The van der Waals surface area contributed by atoms with Crippen molar-refractivity contribution in [3.63, 3.8) is 0 Å². The topological polar surface area (TPSA) is 41.6 Å². The molecule has 0 unspecified atom stereocenters. The largest absolute Gasteiger partial charge is 0.484 e. The van der Waals surface area contributed by atoms with E-state index in [1.807, 2.05) is 12.1 Å². The van der Waals surface area contributed by atoms with Gasteiger partial charge in [0.2, 0.25) is 0 Å². The number of hydrogen-bond acceptors (Lipinski definition) is 3. The van der Waals surface area contributed by atoms with Gasteiger partial charge in [-0.1, -0.05) is 22.0 Å². The third-order valence-electron chi connectivity index (χ3n) is 4.58. The summed E-state index contributed by atoms with van der Waals surface area (Å²) in [5.74, 6) is -0.894. The summed E-state index contributed by atoms with van der Waals surface area (Å²) in [5, 5.41) is 2.81. The van der Waals surface area contributed by atoms with Gasteiger partial charge in [-0.05, 0) is 56.3 Å². The number of nitrogens with one attached hydrogen (secondary N) is 1. The normalized spacial score (nSPS) is 15.5. The van der Waals surface area contributed by atoms with Gasteiger partial charge in [-0.15, -0.1) is 0 Å². The van der Waals surface area contributed by atoms with Gasteiger partial charge in [0.15, 0.2) is 6.61 Å². The van der Waals surface area contributed by atoms with E-state index in [1.165, 1.54) is 12.1 Å². The lowest BCUT2D eigenvalue weighted by molar-refractivity contribution is -0.123. The second-order valence-electron chi connectivity index (χ2n) is 6.47. The number of benzene rings is 2. The number of carbonyl (C=O) groups excluding carboxylic acids is 1. The molecule has 0 radical (unpaired) electrons. The number of halogens is 3. The fraction of sp³-hybridized carbons (Fsp3) is 0.350. The summed E-state index contributed by atoms with van der Waals surface area (Å²) in [4.78, 5) is 14.3. The number of nitrogens with zero attached hydrogens (tertiary/aromatic N) is 1. The Kier molecular flexibility index (Phi) is 6.79. The maximum atomic E-state index is 14.3. The van der Waals surface area contributed by atoms with Crippen LogP contribution in [0.3, 0.4) is 0 Å². The van der Waals surface area contributed by atoms with Gasteiger partial charge in [-0.2, -0.15) is 0 Å². The third-order valence-corrected chi connectivity index (χ3v) is 5.11. The smallest absolute Gasteiger partial charge is 0.258 e. The van der Waals surface area contributed by atoms with Gasteiger partial charge in [0.25, 0.3) is 5.91 Å². The Morgan fingerprint density at radius 1 is 1.15 bits per heavy atom. The van der Waals surface area contributed by atoms with E-state index in [4.69, 9.17) is 4.74 Å². The molecule has 0 saturated carbocycles. The number of ether oxygens (including phenoxy) is 1. The summed E-state index contributed by atoms with van der Waals surface area (Å²) in [5.41, 5.74) is 0.396. The maximum absolute atomic E-state index is 14.3. The van der Waals surface area contributed by atoms with E-state index in [-0.39, 0.29) is 25.1 Å². The Hall–Kier alpha value is -1.99. The Balaban J connectivity index is 1.60. The monoisotopic (exact) mass is 438 g/mol. The molecule has 1 fully saturated rings. The van der Waals surface area contributed by atoms with Crippen molar-refractivity contribution < 1.29 is 18.3 Å². The van der Waals surface area contributed by atoms with E-state index in [0.717, 1.165) is 36.5 Å². The molecular weight excluding hydrogens is 418 g/mol. The molecule has 3 rings (SSSR count). The zero-order valence-corrected chi connectivity index (χ0v) is 16.3. The second kappa shape index (κ2) is 9.28. The van der Waals surface area contributed by atoms with Crippen LogP contribution in [0.25, 0.3) is 0 Å². The van der Waals surface area contributed by atoms with Crippen molar-refractivity contribution in [3.05, 3.63) is 64.1 Å². The molecule has 1 amide bonds. The molecule has 27 heavy (non-hydrogen) atoms. The summed E-state index contributed by atoms with van der Waals surface area (Å²) >= 11 is 3.34. The van der Waals surface area contributed by atoms with Crippen LogP contribution in [0, 0.1) is 11.6 Å². The summed E-state index contributed by atoms with van der Waals surface area (Å²) in [7, 11) is 0. The minimum Gasteiger partial charge on any atom is -0.484 e. The van der Waals surface area contributed by atoms with Crippen LogP contribution in [0.2, 0.25) is 0 Å². The number of likely N-dealkylation sites (tertiary alicyclic amines) is 1. The molecule has 7 heteroatoms. The highest BCUT2D eigenvalue weighted by Gasteiger charge is 2.26. The molecule has 1 aliphatic rings. The van der Waals surface area contributed by atoms with Crippen molar-refractivity contribution in [2.75, 3.05) is 26.2 Å². The number of hydrogen-bond donors (Lipinski definition) is 1. The fourth-order valence-corrected chi connectivity index (χ4v) is 3.47. The van der Waals surface area contributed by atoms with Crippen LogP contribution in [0.4, 0.5) is 8.78 Å². The number of rotatable bonds is 7. The molecule has 0 aliphatic carbocycles. The average molecular weight is 439 g/mol. The summed E-state index contributed by atoms with van der Waals surface area (Å²) in [6, 6.07) is 10.4. The SMILES string of the molecule is O=C(COc1ccc(Br)cc1)NC[C@H](c1ccc(F)cc1F)N1CCCC1. The highest BCUT2D eigenvalue weighted by Crippen LogP contribution is 2.27. The second-order valence-corrected chi connectivity index (χ2v) is 7.39. The van der Waals surface area contributed by atoms with Crippen LogP contribution in [-0.4, -0.2) is 37.0 Å².